The number of hydrogen-bond acceptors (Lipinski definition) is 5. The van der Waals surface area contributed by atoms with Crippen molar-refractivity contribution in [3.63, 3.8) is 0 Å². The summed E-state index contributed by atoms with van der Waals surface area (Å²) in [5.41, 5.74) is 1.10. The molecular formula is C12H16N2O3S2. The van der Waals surface area contributed by atoms with Gasteiger partial charge in [-0.25, -0.2) is 13.4 Å². The van der Waals surface area contributed by atoms with Gasteiger partial charge < -0.3 is 5.32 Å². The third-order valence-corrected chi connectivity index (χ3v) is 6.52. The van der Waals surface area contributed by atoms with Crippen LogP contribution in [0.1, 0.15) is 29.8 Å². The average molecular weight is 300 g/mol. The lowest BCUT2D eigenvalue weighted by atomic mass is 10.0. The molecule has 2 heterocycles. The quantitative estimate of drug-likeness (QED) is 0.895. The van der Waals surface area contributed by atoms with Crippen molar-refractivity contribution in [1.29, 1.82) is 0 Å². The highest BCUT2D eigenvalue weighted by Crippen LogP contribution is 2.30. The molecule has 1 aromatic heterocycles. The zero-order valence-electron chi connectivity index (χ0n) is 10.5. The molecule has 0 saturated carbocycles. The minimum absolute atomic E-state index is 0.0239. The Morgan fingerprint density at radius 2 is 2.11 bits per heavy atom. The van der Waals surface area contributed by atoms with Gasteiger partial charge in [0.25, 0.3) is 0 Å². The number of fused-ring (bicyclic) bond motifs is 1. The van der Waals surface area contributed by atoms with E-state index in [1.54, 1.807) is 0 Å². The standard InChI is InChI=1S/C12H16N2O3S2/c15-11(8-5-6-19(16,17)7-8)14-12-13-9-3-1-2-4-10(9)18-12/h8H,1-7H2,(H,13,14,15). The van der Waals surface area contributed by atoms with Gasteiger partial charge in [-0.3, -0.25) is 4.79 Å². The van der Waals surface area contributed by atoms with Gasteiger partial charge in [0.1, 0.15) is 0 Å². The van der Waals surface area contributed by atoms with Crippen LogP contribution in [0.5, 0.6) is 0 Å². The fourth-order valence-corrected chi connectivity index (χ4v) is 5.41. The molecule has 1 saturated heterocycles. The number of hydrogen-bond donors (Lipinski definition) is 1. The second kappa shape index (κ2) is 4.86. The van der Waals surface area contributed by atoms with E-state index in [2.05, 4.69) is 10.3 Å². The third kappa shape index (κ3) is 2.81. The van der Waals surface area contributed by atoms with E-state index in [1.165, 1.54) is 22.6 Å². The number of carbonyl (C=O) groups excluding carboxylic acids is 1. The first-order chi connectivity index (χ1) is 9.03. The van der Waals surface area contributed by atoms with Crippen LogP contribution < -0.4 is 5.32 Å². The monoisotopic (exact) mass is 300 g/mol. The van der Waals surface area contributed by atoms with E-state index in [0.717, 1.165) is 25.0 Å². The number of rotatable bonds is 2. The van der Waals surface area contributed by atoms with Crippen molar-refractivity contribution in [2.75, 3.05) is 16.8 Å². The molecule has 104 valence electrons. The van der Waals surface area contributed by atoms with Crippen LogP contribution in [0.3, 0.4) is 0 Å². The number of anilines is 1. The molecule has 1 aliphatic heterocycles. The Morgan fingerprint density at radius 3 is 2.79 bits per heavy atom. The summed E-state index contributed by atoms with van der Waals surface area (Å²) in [7, 11) is -3.01. The lowest BCUT2D eigenvalue weighted by molar-refractivity contribution is -0.119. The number of aryl methyl sites for hydroxylation is 2. The number of aromatic nitrogens is 1. The van der Waals surface area contributed by atoms with Crippen LogP contribution in [0, 0.1) is 5.92 Å². The average Bonchev–Trinajstić information content (AvgIpc) is 2.91. The van der Waals surface area contributed by atoms with Crippen LogP contribution >= 0.6 is 11.3 Å². The van der Waals surface area contributed by atoms with E-state index in [-0.39, 0.29) is 17.4 Å². The summed E-state index contributed by atoms with van der Waals surface area (Å²) in [5.74, 6) is -0.512. The van der Waals surface area contributed by atoms with Crippen LogP contribution in [0.2, 0.25) is 0 Å². The summed E-state index contributed by atoms with van der Waals surface area (Å²) < 4.78 is 22.7. The van der Waals surface area contributed by atoms with Gasteiger partial charge in [0.05, 0.1) is 23.1 Å². The van der Waals surface area contributed by atoms with E-state index < -0.39 is 15.8 Å². The van der Waals surface area contributed by atoms with Crippen LogP contribution in [-0.2, 0) is 27.5 Å². The SMILES string of the molecule is O=C(Nc1nc2c(s1)CCCC2)C1CCS(=O)(=O)C1. The number of nitrogens with one attached hydrogen (secondary N) is 1. The Labute approximate surface area is 116 Å². The van der Waals surface area contributed by atoms with Gasteiger partial charge in [-0.05, 0) is 32.1 Å². The zero-order valence-corrected chi connectivity index (χ0v) is 12.1. The molecule has 3 rings (SSSR count). The summed E-state index contributed by atoms with van der Waals surface area (Å²) in [4.78, 5) is 17.7. The summed E-state index contributed by atoms with van der Waals surface area (Å²) >= 11 is 1.53. The zero-order chi connectivity index (χ0) is 13.5. The summed E-state index contributed by atoms with van der Waals surface area (Å²) in [6, 6.07) is 0. The molecule has 1 aromatic rings. The molecule has 1 atom stereocenters. The molecule has 0 spiro atoms. The molecule has 0 aromatic carbocycles. The van der Waals surface area contributed by atoms with Crippen molar-refractivity contribution in [2.24, 2.45) is 5.92 Å². The molecule has 7 heteroatoms. The highest BCUT2D eigenvalue weighted by Gasteiger charge is 2.33. The van der Waals surface area contributed by atoms with Crippen LogP contribution in [0.4, 0.5) is 5.13 Å². The predicted octanol–water partition coefficient (Wildman–Crippen LogP) is 1.40. The lowest BCUT2D eigenvalue weighted by Gasteiger charge is -2.06. The normalized spacial score (nSPS) is 24.9. The van der Waals surface area contributed by atoms with Gasteiger partial charge in [-0.2, -0.15) is 0 Å². The van der Waals surface area contributed by atoms with Gasteiger partial charge in [0.15, 0.2) is 15.0 Å². The first kappa shape index (κ1) is 13.1. The molecule has 1 N–H and O–H groups in total. The maximum absolute atomic E-state index is 12.0. The maximum Gasteiger partial charge on any atom is 0.230 e. The maximum atomic E-state index is 12.0. The molecule has 1 unspecified atom stereocenters. The Kier molecular flexibility index (Phi) is 3.34. The minimum atomic E-state index is -3.01. The van der Waals surface area contributed by atoms with Crippen molar-refractivity contribution in [1.82, 2.24) is 4.98 Å². The lowest BCUT2D eigenvalue weighted by Crippen LogP contribution is -2.23. The van der Waals surface area contributed by atoms with Crippen LogP contribution in [-0.4, -0.2) is 30.8 Å². The van der Waals surface area contributed by atoms with Gasteiger partial charge in [0, 0.05) is 4.88 Å². The summed E-state index contributed by atoms with van der Waals surface area (Å²) in [6.45, 7) is 0. The molecule has 0 bridgehead atoms. The molecule has 0 radical (unpaired) electrons. The molecule has 2 aliphatic rings. The summed E-state index contributed by atoms with van der Waals surface area (Å²) in [5, 5.41) is 3.41. The van der Waals surface area contributed by atoms with E-state index in [1.807, 2.05) is 0 Å². The largest absolute Gasteiger partial charge is 0.302 e. The number of sulfone groups is 1. The van der Waals surface area contributed by atoms with Gasteiger partial charge in [-0.1, -0.05) is 0 Å². The predicted molar refractivity (Wildman–Crippen MR) is 74.1 cm³/mol. The van der Waals surface area contributed by atoms with Gasteiger partial charge >= 0.3 is 0 Å². The molecule has 5 nitrogen and oxygen atoms in total. The number of thiazole rings is 1. The Balaban J connectivity index is 1.68. The topological polar surface area (TPSA) is 76.1 Å². The number of amides is 1. The number of carbonyl (C=O) groups is 1. The molecule has 1 amide bonds. The van der Waals surface area contributed by atoms with E-state index >= 15 is 0 Å². The van der Waals surface area contributed by atoms with Crippen molar-refractivity contribution >= 4 is 32.2 Å². The molecule has 19 heavy (non-hydrogen) atoms. The summed E-state index contributed by atoms with van der Waals surface area (Å²) in [6.07, 6.45) is 4.80. The second-order valence-electron chi connectivity index (χ2n) is 5.19. The van der Waals surface area contributed by atoms with E-state index in [0.29, 0.717) is 11.6 Å². The first-order valence-corrected chi connectivity index (χ1v) is 9.17. The van der Waals surface area contributed by atoms with Crippen LogP contribution in [0.15, 0.2) is 0 Å². The van der Waals surface area contributed by atoms with Crippen LogP contribution in [0.25, 0.3) is 0 Å². The van der Waals surface area contributed by atoms with Crippen molar-refractivity contribution in [2.45, 2.75) is 32.1 Å². The highest BCUT2D eigenvalue weighted by molar-refractivity contribution is 7.91. The smallest absolute Gasteiger partial charge is 0.230 e. The second-order valence-corrected chi connectivity index (χ2v) is 8.50. The van der Waals surface area contributed by atoms with Gasteiger partial charge in [0.2, 0.25) is 5.91 Å². The third-order valence-electron chi connectivity index (χ3n) is 3.68. The van der Waals surface area contributed by atoms with E-state index in [4.69, 9.17) is 0 Å². The molecule has 1 fully saturated rings. The van der Waals surface area contributed by atoms with Crippen molar-refractivity contribution < 1.29 is 13.2 Å². The Hall–Kier alpha value is -0.950. The molecule has 1 aliphatic carbocycles. The minimum Gasteiger partial charge on any atom is -0.302 e. The highest BCUT2D eigenvalue weighted by atomic mass is 32.2. The molecular weight excluding hydrogens is 284 g/mol. The fraction of sp³-hybridized carbons (Fsp3) is 0.667. The Morgan fingerprint density at radius 1 is 1.32 bits per heavy atom. The number of nitrogens with zero attached hydrogens (tertiary/aromatic N) is 1. The van der Waals surface area contributed by atoms with Crippen molar-refractivity contribution in [3.05, 3.63) is 10.6 Å². The van der Waals surface area contributed by atoms with Gasteiger partial charge in [-0.15, -0.1) is 11.3 Å². The van der Waals surface area contributed by atoms with E-state index in [9.17, 15) is 13.2 Å². The van der Waals surface area contributed by atoms with Crippen molar-refractivity contribution in [3.8, 4) is 0 Å². The fourth-order valence-electron chi connectivity index (χ4n) is 2.61. The Bertz CT molecular complexity index is 583. The first-order valence-electron chi connectivity index (χ1n) is 6.53.